The second-order valence-corrected chi connectivity index (χ2v) is 7.96. The molecule has 0 heterocycles. The van der Waals surface area contributed by atoms with Crippen molar-refractivity contribution in [3.8, 4) is 0 Å². The minimum Gasteiger partial charge on any atom is -0.480 e. The third-order valence-electron chi connectivity index (χ3n) is 3.89. The second kappa shape index (κ2) is 10.9. The fourth-order valence-corrected chi connectivity index (χ4v) is 3.01. The van der Waals surface area contributed by atoms with Gasteiger partial charge in [0.05, 0.1) is 0 Å². The largest absolute Gasteiger partial charge is 0.480 e. The average molecular weight is 414 g/mol. The van der Waals surface area contributed by atoms with Gasteiger partial charge in [-0.25, -0.2) is 9.59 Å². The van der Waals surface area contributed by atoms with E-state index in [0.717, 1.165) is 10.5 Å². The van der Waals surface area contributed by atoms with Crippen LogP contribution in [0.1, 0.15) is 36.9 Å². The quantitative estimate of drug-likeness (QED) is 0.646. The first-order chi connectivity index (χ1) is 14.2. The zero-order chi connectivity index (χ0) is 23.8. The Balaban J connectivity index is 2.99. The van der Waals surface area contributed by atoms with E-state index in [0.29, 0.717) is 18.2 Å². The number of benzene rings is 1. The van der Waals surface area contributed by atoms with Gasteiger partial charge in [0.1, 0.15) is 17.7 Å². The summed E-state index contributed by atoms with van der Waals surface area (Å²) in [6, 6.07) is 6.92. The number of hydrogen-bond acceptors (Lipinski definition) is 5. The average Bonchev–Trinajstić information content (AvgIpc) is 2.62. The number of aliphatic carboxylic acids is 1. The molecule has 1 rings (SSSR count). The summed E-state index contributed by atoms with van der Waals surface area (Å²) >= 11 is 0.473. The Labute approximate surface area is 175 Å². The van der Waals surface area contributed by atoms with Crippen LogP contribution in [0, 0.1) is 0 Å². The van der Waals surface area contributed by atoms with Crippen LogP contribution in [0.3, 0.4) is 0 Å². The summed E-state index contributed by atoms with van der Waals surface area (Å²) < 4.78 is 27.0. The molecule has 0 spiro atoms. The van der Waals surface area contributed by atoms with Gasteiger partial charge in [0.25, 0.3) is 0 Å². The summed E-state index contributed by atoms with van der Waals surface area (Å²) in [7, 11) is 1.29. The molecule has 2 atom stereocenters. The predicted molar refractivity (Wildman–Crippen MR) is 110 cm³/mol. The summed E-state index contributed by atoms with van der Waals surface area (Å²) in [5.41, 5.74) is 0.171. The van der Waals surface area contributed by atoms with E-state index < -0.39 is 41.8 Å². The lowest BCUT2D eigenvalue weighted by Crippen LogP contribution is -2.53. The number of hydrogen-bond donors (Lipinski definition) is 2. The van der Waals surface area contributed by atoms with E-state index in [1.165, 1.54) is 7.05 Å². The lowest BCUT2D eigenvalue weighted by molar-refractivity contribution is -0.148. The molecule has 28 heavy (non-hydrogen) atoms. The molecule has 0 saturated carbocycles. The molecule has 7 nitrogen and oxygen atoms in total. The van der Waals surface area contributed by atoms with E-state index in [4.69, 9.17) is 8.85 Å². The molecule has 0 aromatic heterocycles. The van der Waals surface area contributed by atoms with Gasteiger partial charge in [-0.15, -0.1) is 0 Å². The Morgan fingerprint density at radius 2 is 1.93 bits per heavy atom. The minimum absolute atomic E-state index is 0.213. The minimum atomic E-state index is -2.39. The Morgan fingerprint density at radius 3 is 2.46 bits per heavy atom. The smallest absolute Gasteiger partial charge is 0.408 e. The lowest BCUT2D eigenvalue weighted by Gasteiger charge is -2.29. The van der Waals surface area contributed by atoms with Gasteiger partial charge in [-0.2, -0.15) is 11.8 Å². The van der Waals surface area contributed by atoms with E-state index in [1.54, 1.807) is 20.8 Å². The molecular formula is C20H30N2O5S. The molecule has 1 aromatic rings. The zero-order valence-electron chi connectivity index (χ0n) is 19.6. The molecular weight excluding hydrogens is 380 g/mol. The van der Waals surface area contributed by atoms with Crippen molar-refractivity contribution in [1.82, 2.24) is 10.2 Å². The Kier molecular flexibility index (Phi) is 7.47. The zero-order valence-corrected chi connectivity index (χ0v) is 17.4. The summed E-state index contributed by atoms with van der Waals surface area (Å²) in [4.78, 5) is 38.0. The third kappa shape index (κ3) is 8.21. The maximum Gasteiger partial charge on any atom is 0.408 e. The maximum atomic E-state index is 13.1. The highest BCUT2D eigenvalue weighted by Gasteiger charge is 2.32. The molecule has 156 valence electrons. The molecule has 0 bridgehead atoms. The van der Waals surface area contributed by atoms with Crippen molar-refractivity contribution in [3.05, 3.63) is 35.9 Å². The van der Waals surface area contributed by atoms with Crippen LogP contribution in [-0.2, 0) is 20.7 Å². The Hall–Kier alpha value is -2.22. The van der Waals surface area contributed by atoms with Crippen molar-refractivity contribution in [3.63, 3.8) is 0 Å². The van der Waals surface area contributed by atoms with Crippen LogP contribution < -0.4 is 5.32 Å². The van der Waals surface area contributed by atoms with E-state index in [1.807, 2.05) is 30.3 Å². The van der Waals surface area contributed by atoms with Gasteiger partial charge in [0.2, 0.25) is 5.91 Å². The number of alkyl carbamates (subject to hydrolysis) is 1. The molecule has 0 aliphatic carbocycles. The van der Waals surface area contributed by atoms with Crippen molar-refractivity contribution in [2.45, 2.75) is 51.3 Å². The number of aryl methyl sites for hydroxylation is 1. The molecule has 0 saturated heterocycles. The number of nitrogens with zero attached hydrogens (tertiary/aromatic N) is 1. The molecule has 1 aromatic carbocycles. The summed E-state index contributed by atoms with van der Waals surface area (Å²) in [5, 5.41) is 12.0. The molecule has 0 fully saturated rings. The molecule has 2 N–H and O–H groups in total. The number of likely N-dealkylation sites (N-methyl/N-ethyl adjacent to an activating group) is 1. The van der Waals surface area contributed by atoms with E-state index in [-0.39, 0.29) is 12.2 Å². The first-order valence-electron chi connectivity index (χ1n) is 10.4. The number of amides is 2. The normalized spacial score (nSPS) is 15.4. The van der Waals surface area contributed by atoms with Crippen LogP contribution in [0.25, 0.3) is 0 Å². The van der Waals surface area contributed by atoms with Gasteiger partial charge in [-0.1, -0.05) is 30.3 Å². The standard InChI is InChI=1S/C20H30N2O5S/c1-20(2,3)27-19(26)21-15(12-11-14-9-7-6-8-10-14)17(23)22(4)16(13-28-5)18(24)25/h6-10,15-16H,11-13H2,1-5H3,(H,21,26)(H,24,25)/t15-,16-/m0/s1/i5D3. The number of carbonyl (C=O) groups is 3. The van der Waals surface area contributed by atoms with Crippen LogP contribution >= 0.6 is 11.8 Å². The Morgan fingerprint density at radius 1 is 1.29 bits per heavy atom. The van der Waals surface area contributed by atoms with Crippen molar-refractivity contribution < 1.29 is 28.3 Å². The number of rotatable bonds is 9. The molecule has 0 radical (unpaired) electrons. The fourth-order valence-electron chi connectivity index (χ4n) is 2.49. The molecule has 0 aliphatic rings. The van der Waals surface area contributed by atoms with Crippen molar-refractivity contribution in [2.24, 2.45) is 0 Å². The highest BCUT2D eigenvalue weighted by Crippen LogP contribution is 2.13. The molecule has 0 aliphatic heterocycles. The molecule has 8 heteroatoms. The van der Waals surface area contributed by atoms with Gasteiger partial charge in [0.15, 0.2) is 0 Å². The fraction of sp³-hybridized carbons (Fsp3) is 0.550. The van der Waals surface area contributed by atoms with Gasteiger partial charge < -0.3 is 20.1 Å². The highest BCUT2D eigenvalue weighted by molar-refractivity contribution is 7.98. The van der Waals surface area contributed by atoms with Crippen molar-refractivity contribution in [2.75, 3.05) is 19.0 Å². The van der Waals surface area contributed by atoms with Gasteiger partial charge >= 0.3 is 12.1 Å². The van der Waals surface area contributed by atoms with Crippen LogP contribution in [0.5, 0.6) is 0 Å². The van der Waals surface area contributed by atoms with Gasteiger partial charge in [-0.05, 0) is 45.4 Å². The number of ether oxygens (including phenoxy) is 1. The van der Waals surface area contributed by atoms with Crippen molar-refractivity contribution in [1.29, 1.82) is 0 Å². The number of thioether (sulfide) groups is 1. The number of carboxylic acids is 1. The van der Waals surface area contributed by atoms with Gasteiger partial charge in [-0.3, -0.25) is 4.79 Å². The van der Waals surface area contributed by atoms with E-state index >= 15 is 0 Å². The first-order valence-corrected chi connectivity index (χ1v) is 9.85. The van der Waals surface area contributed by atoms with Crippen LogP contribution in [0.15, 0.2) is 30.3 Å². The summed E-state index contributed by atoms with van der Waals surface area (Å²) in [6.45, 7) is 5.06. The highest BCUT2D eigenvalue weighted by atomic mass is 32.2. The topological polar surface area (TPSA) is 95.9 Å². The summed E-state index contributed by atoms with van der Waals surface area (Å²) in [5.74, 6) is -2.28. The van der Waals surface area contributed by atoms with Crippen LogP contribution in [0.2, 0.25) is 0 Å². The van der Waals surface area contributed by atoms with E-state index in [2.05, 4.69) is 5.32 Å². The number of nitrogens with one attached hydrogen (secondary N) is 1. The first kappa shape index (κ1) is 19.1. The lowest BCUT2D eigenvalue weighted by atomic mass is 10.0. The van der Waals surface area contributed by atoms with Crippen molar-refractivity contribution >= 4 is 29.7 Å². The molecule has 0 unspecified atom stereocenters. The Bertz CT molecular complexity index is 753. The third-order valence-corrected chi connectivity index (χ3v) is 4.38. The summed E-state index contributed by atoms with van der Waals surface area (Å²) in [6.07, 6.45) is -2.51. The molecule has 2 amide bonds. The SMILES string of the molecule is [2H]C([2H])([2H])SC[C@@H](C(=O)O)N(C)C(=O)[C@H](CCc1ccccc1)NC(=O)OC(C)(C)C. The number of carboxylic acid groups (broad SMARTS) is 1. The van der Waals surface area contributed by atoms with Gasteiger partial charge in [0, 0.05) is 16.9 Å². The second-order valence-electron chi connectivity index (χ2n) is 7.34. The monoisotopic (exact) mass is 413 g/mol. The predicted octanol–water partition coefficient (Wildman–Crippen LogP) is 2.79. The van der Waals surface area contributed by atoms with Crippen LogP contribution in [0.4, 0.5) is 4.79 Å². The number of carbonyl (C=O) groups excluding carboxylic acids is 2. The van der Waals surface area contributed by atoms with E-state index in [9.17, 15) is 19.5 Å². The van der Waals surface area contributed by atoms with Crippen LogP contribution in [-0.4, -0.2) is 64.6 Å². The maximum absolute atomic E-state index is 13.1.